The number of para-hydroxylation sites is 1. The topological polar surface area (TPSA) is 100 Å². The van der Waals surface area contributed by atoms with Gasteiger partial charge >= 0.3 is 5.97 Å². The fraction of sp³-hybridized carbons (Fsp3) is 0.389. The van der Waals surface area contributed by atoms with E-state index in [0.29, 0.717) is 17.7 Å². The molecule has 0 saturated carbocycles. The second kappa shape index (κ2) is 7.27. The third-order valence-corrected chi connectivity index (χ3v) is 6.77. The number of carbonyl (C=O) groups is 1. The number of carboxylic acids is 1. The highest BCUT2D eigenvalue weighted by Gasteiger charge is 2.41. The molecule has 5 rings (SSSR count). The van der Waals surface area contributed by atoms with E-state index in [2.05, 4.69) is 36.3 Å². The van der Waals surface area contributed by atoms with Crippen LogP contribution in [0.3, 0.4) is 0 Å². The monoisotopic (exact) mass is 431 g/mol. The van der Waals surface area contributed by atoms with Gasteiger partial charge in [-0.1, -0.05) is 35.1 Å². The molecule has 2 unspecified atom stereocenters. The molecule has 2 saturated heterocycles. The minimum atomic E-state index is -1.01. The number of aromatic nitrogens is 5. The van der Waals surface area contributed by atoms with Crippen LogP contribution in [0, 0.1) is 11.8 Å². The second-order valence-corrected chi connectivity index (χ2v) is 8.74. The minimum Gasteiger partial charge on any atom is -0.480 e. The zero-order chi connectivity index (χ0) is 20.0. The molecular formula is C18H18ClN7O2S. The molecule has 9 nitrogen and oxygen atoms in total. The lowest BCUT2D eigenvalue weighted by Gasteiger charge is -2.23. The number of benzene rings is 1. The molecule has 4 heterocycles. The van der Waals surface area contributed by atoms with Gasteiger partial charge in [0.1, 0.15) is 0 Å². The number of thiazole rings is 1. The first-order chi connectivity index (χ1) is 14.1. The van der Waals surface area contributed by atoms with Crippen molar-refractivity contribution in [2.75, 3.05) is 36.0 Å². The van der Waals surface area contributed by atoms with Crippen LogP contribution in [0.2, 0.25) is 5.02 Å². The predicted octanol–water partition coefficient (Wildman–Crippen LogP) is 2.11. The SMILES string of the molecule is O=C(O)Cn1nnc(-c2cnc(N3CC4CN(c5ccccc5Cl)CC4C3)s2)n1. The number of aliphatic carboxylic acids is 1. The minimum absolute atomic E-state index is 0.309. The van der Waals surface area contributed by atoms with Crippen LogP contribution in [0.4, 0.5) is 10.8 Å². The summed E-state index contributed by atoms with van der Waals surface area (Å²) >= 11 is 7.87. The average molecular weight is 432 g/mol. The maximum absolute atomic E-state index is 10.8. The molecule has 0 amide bonds. The Labute approximate surface area is 175 Å². The van der Waals surface area contributed by atoms with Crippen molar-refractivity contribution in [1.82, 2.24) is 25.2 Å². The Balaban J connectivity index is 1.25. The van der Waals surface area contributed by atoms with E-state index < -0.39 is 5.97 Å². The molecule has 29 heavy (non-hydrogen) atoms. The average Bonchev–Trinajstić information content (AvgIpc) is 3.44. The molecular weight excluding hydrogens is 414 g/mol. The number of halogens is 1. The van der Waals surface area contributed by atoms with Crippen molar-refractivity contribution in [3.8, 4) is 10.7 Å². The van der Waals surface area contributed by atoms with Gasteiger partial charge in [0.2, 0.25) is 5.82 Å². The van der Waals surface area contributed by atoms with Gasteiger partial charge in [-0.15, -0.1) is 10.2 Å². The molecule has 3 aromatic rings. The fourth-order valence-electron chi connectivity index (χ4n) is 4.10. The van der Waals surface area contributed by atoms with E-state index in [-0.39, 0.29) is 6.54 Å². The summed E-state index contributed by atoms with van der Waals surface area (Å²) in [4.78, 5) is 21.9. The van der Waals surface area contributed by atoms with Crippen LogP contribution in [0.1, 0.15) is 0 Å². The van der Waals surface area contributed by atoms with Gasteiger partial charge in [-0.2, -0.15) is 4.80 Å². The van der Waals surface area contributed by atoms with Crippen LogP contribution in [0.25, 0.3) is 10.7 Å². The number of carboxylic acid groups (broad SMARTS) is 1. The maximum atomic E-state index is 10.8. The second-order valence-electron chi connectivity index (χ2n) is 7.33. The predicted molar refractivity (Wildman–Crippen MR) is 109 cm³/mol. The van der Waals surface area contributed by atoms with Gasteiger partial charge in [-0.3, -0.25) is 4.79 Å². The maximum Gasteiger partial charge on any atom is 0.327 e. The summed E-state index contributed by atoms with van der Waals surface area (Å²) in [5.41, 5.74) is 1.11. The van der Waals surface area contributed by atoms with Crippen molar-refractivity contribution in [2.24, 2.45) is 11.8 Å². The highest BCUT2D eigenvalue weighted by atomic mass is 35.5. The van der Waals surface area contributed by atoms with Crippen LogP contribution in [0.5, 0.6) is 0 Å². The molecule has 2 fully saturated rings. The molecule has 11 heteroatoms. The molecule has 1 aromatic carbocycles. The van der Waals surface area contributed by atoms with E-state index in [1.165, 1.54) is 11.3 Å². The van der Waals surface area contributed by atoms with Crippen LogP contribution >= 0.6 is 22.9 Å². The summed E-state index contributed by atoms with van der Waals surface area (Å²) in [6, 6.07) is 8.01. The lowest BCUT2D eigenvalue weighted by molar-refractivity contribution is -0.138. The third-order valence-electron chi connectivity index (χ3n) is 5.39. The largest absolute Gasteiger partial charge is 0.480 e. The van der Waals surface area contributed by atoms with Crippen molar-refractivity contribution in [3.63, 3.8) is 0 Å². The first kappa shape index (κ1) is 18.3. The molecule has 0 aliphatic carbocycles. The van der Waals surface area contributed by atoms with E-state index in [9.17, 15) is 4.79 Å². The van der Waals surface area contributed by atoms with Crippen molar-refractivity contribution in [1.29, 1.82) is 0 Å². The zero-order valence-electron chi connectivity index (χ0n) is 15.3. The normalized spacial score (nSPS) is 21.0. The van der Waals surface area contributed by atoms with Crippen molar-refractivity contribution in [2.45, 2.75) is 6.54 Å². The summed E-state index contributed by atoms with van der Waals surface area (Å²) in [7, 11) is 0. The number of anilines is 2. The highest BCUT2D eigenvalue weighted by molar-refractivity contribution is 7.18. The van der Waals surface area contributed by atoms with E-state index >= 15 is 0 Å². The fourth-order valence-corrected chi connectivity index (χ4v) is 5.21. The molecule has 0 radical (unpaired) electrons. The van der Waals surface area contributed by atoms with Gasteiger partial charge in [0.05, 0.1) is 21.8 Å². The zero-order valence-corrected chi connectivity index (χ0v) is 16.9. The molecule has 2 aliphatic heterocycles. The number of fused-ring (bicyclic) bond motifs is 1. The Hall–Kier alpha value is -2.72. The summed E-state index contributed by atoms with van der Waals surface area (Å²) in [5.74, 6) is 0.550. The van der Waals surface area contributed by atoms with Crippen molar-refractivity contribution in [3.05, 3.63) is 35.5 Å². The lowest BCUT2D eigenvalue weighted by atomic mass is 10.0. The lowest BCUT2D eigenvalue weighted by Crippen LogP contribution is -2.28. The first-order valence-corrected chi connectivity index (χ1v) is 10.5. The molecule has 2 aromatic heterocycles. The van der Waals surface area contributed by atoms with Gasteiger partial charge in [0, 0.05) is 38.0 Å². The quantitative estimate of drug-likeness (QED) is 0.655. The number of hydrogen-bond acceptors (Lipinski definition) is 8. The smallest absolute Gasteiger partial charge is 0.327 e. The van der Waals surface area contributed by atoms with E-state index in [1.807, 2.05) is 18.2 Å². The molecule has 0 spiro atoms. The van der Waals surface area contributed by atoms with Crippen LogP contribution in [-0.4, -0.2) is 62.4 Å². The number of tetrazole rings is 1. The highest BCUT2D eigenvalue weighted by Crippen LogP contribution is 2.39. The third kappa shape index (κ3) is 3.53. The van der Waals surface area contributed by atoms with Gasteiger partial charge in [-0.25, -0.2) is 4.98 Å². The molecule has 2 atom stereocenters. The Bertz CT molecular complexity index is 1040. The molecule has 1 N–H and O–H groups in total. The molecule has 2 aliphatic rings. The van der Waals surface area contributed by atoms with Crippen LogP contribution in [-0.2, 0) is 11.3 Å². The Morgan fingerprint density at radius 3 is 2.62 bits per heavy atom. The number of nitrogens with zero attached hydrogens (tertiary/aromatic N) is 7. The summed E-state index contributed by atoms with van der Waals surface area (Å²) < 4.78 is 0. The van der Waals surface area contributed by atoms with E-state index in [1.54, 1.807) is 6.20 Å². The van der Waals surface area contributed by atoms with Gasteiger partial charge in [-0.05, 0) is 17.3 Å². The number of hydrogen-bond donors (Lipinski definition) is 1. The molecule has 150 valence electrons. The summed E-state index contributed by atoms with van der Waals surface area (Å²) in [5, 5.41) is 22.4. The standard InChI is InChI=1S/C18H18ClN7O2S/c19-13-3-1-2-4-14(13)24-6-11-8-25(9-12(11)7-24)18-20-5-15(29-18)17-21-23-26(22-17)10-16(27)28/h1-5,11-12H,6-10H2,(H,27,28). The van der Waals surface area contributed by atoms with Crippen molar-refractivity contribution >= 4 is 39.7 Å². The van der Waals surface area contributed by atoms with Crippen molar-refractivity contribution < 1.29 is 9.90 Å². The van der Waals surface area contributed by atoms with Crippen LogP contribution in [0.15, 0.2) is 30.5 Å². The van der Waals surface area contributed by atoms with E-state index in [4.69, 9.17) is 16.7 Å². The Kier molecular flexibility index (Phi) is 4.59. The summed E-state index contributed by atoms with van der Waals surface area (Å²) in [6.45, 7) is 3.59. The van der Waals surface area contributed by atoms with Crippen LogP contribution < -0.4 is 9.80 Å². The summed E-state index contributed by atoms with van der Waals surface area (Å²) in [6.07, 6.45) is 1.73. The first-order valence-electron chi connectivity index (χ1n) is 9.27. The van der Waals surface area contributed by atoms with Gasteiger partial charge in [0.25, 0.3) is 0 Å². The van der Waals surface area contributed by atoms with Gasteiger partial charge < -0.3 is 14.9 Å². The Morgan fingerprint density at radius 1 is 1.17 bits per heavy atom. The Morgan fingerprint density at radius 2 is 1.90 bits per heavy atom. The molecule has 0 bridgehead atoms. The van der Waals surface area contributed by atoms with Gasteiger partial charge in [0.15, 0.2) is 11.7 Å². The number of rotatable bonds is 5. The van der Waals surface area contributed by atoms with E-state index in [0.717, 1.165) is 51.7 Å².